The Morgan fingerprint density at radius 1 is 1.15 bits per heavy atom. The third kappa shape index (κ3) is 2.37. The SMILES string of the molecule is CCc1ccc2c(c1)[C@@]1(C(=O)N2)[C@@H]2C(=O)N(c3cccc([N+](=O)[O-])c3)C(=O)[C@@H]2[C@@H]2CCCN21. The number of imide groups is 1. The van der Waals surface area contributed by atoms with Crippen molar-refractivity contribution in [2.45, 2.75) is 37.8 Å². The molecule has 2 aromatic rings. The topological polar surface area (TPSA) is 113 Å². The second kappa shape index (κ2) is 6.71. The fourth-order valence-corrected chi connectivity index (χ4v) is 6.47. The molecule has 3 amide bonds. The van der Waals surface area contributed by atoms with Crippen molar-refractivity contribution >= 4 is 34.8 Å². The monoisotopic (exact) mass is 446 g/mol. The van der Waals surface area contributed by atoms with E-state index >= 15 is 0 Å². The summed E-state index contributed by atoms with van der Waals surface area (Å²) in [5, 5.41) is 14.2. The van der Waals surface area contributed by atoms with Gasteiger partial charge in [-0.3, -0.25) is 29.4 Å². The Hall–Kier alpha value is -3.59. The molecule has 9 nitrogen and oxygen atoms in total. The molecule has 1 N–H and O–H groups in total. The predicted octanol–water partition coefficient (Wildman–Crippen LogP) is 2.59. The Morgan fingerprint density at radius 3 is 2.73 bits per heavy atom. The summed E-state index contributed by atoms with van der Waals surface area (Å²) in [4.78, 5) is 55.1. The van der Waals surface area contributed by atoms with Gasteiger partial charge in [-0.05, 0) is 43.5 Å². The number of nitro groups is 1. The van der Waals surface area contributed by atoms with Gasteiger partial charge in [-0.15, -0.1) is 0 Å². The van der Waals surface area contributed by atoms with Crippen LogP contribution in [0.3, 0.4) is 0 Å². The van der Waals surface area contributed by atoms with Gasteiger partial charge in [0.1, 0.15) is 5.54 Å². The lowest BCUT2D eigenvalue weighted by atomic mass is 9.75. The lowest BCUT2D eigenvalue weighted by Gasteiger charge is -2.36. The van der Waals surface area contributed by atoms with E-state index in [2.05, 4.69) is 10.2 Å². The second-order valence-corrected chi connectivity index (χ2v) is 9.15. The first-order chi connectivity index (χ1) is 15.9. The second-order valence-electron chi connectivity index (χ2n) is 9.15. The van der Waals surface area contributed by atoms with Crippen LogP contribution in [0.25, 0.3) is 0 Å². The molecule has 33 heavy (non-hydrogen) atoms. The lowest BCUT2D eigenvalue weighted by Crippen LogP contribution is -2.54. The van der Waals surface area contributed by atoms with Gasteiger partial charge in [-0.1, -0.05) is 25.1 Å². The summed E-state index contributed by atoms with van der Waals surface area (Å²) in [5.74, 6) is -2.66. The van der Waals surface area contributed by atoms with E-state index in [0.29, 0.717) is 12.2 Å². The van der Waals surface area contributed by atoms with Crippen molar-refractivity contribution in [3.8, 4) is 0 Å². The van der Waals surface area contributed by atoms with E-state index in [-0.39, 0.29) is 29.2 Å². The van der Waals surface area contributed by atoms with Crippen molar-refractivity contribution in [1.29, 1.82) is 0 Å². The van der Waals surface area contributed by atoms with Crippen LogP contribution in [-0.2, 0) is 26.3 Å². The molecule has 2 aromatic carbocycles. The molecule has 0 aromatic heterocycles. The Labute approximate surface area is 189 Å². The van der Waals surface area contributed by atoms with Crippen LogP contribution >= 0.6 is 0 Å². The van der Waals surface area contributed by atoms with Crippen molar-refractivity contribution in [2.75, 3.05) is 16.8 Å². The fourth-order valence-electron chi connectivity index (χ4n) is 6.47. The van der Waals surface area contributed by atoms with Gasteiger partial charge in [0.05, 0.1) is 22.4 Å². The summed E-state index contributed by atoms with van der Waals surface area (Å²) in [5.41, 5.74) is 1.23. The van der Waals surface area contributed by atoms with E-state index in [4.69, 9.17) is 0 Å². The Balaban J connectivity index is 1.54. The molecule has 168 valence electrons. The maximum Gasteiger partial charge on any atom is 0.271 e. The molecule has 3 fully saturated rings. The quantitative estimate of drug-likeness (QED) is 0.441. The molecule has 1 spiro atoms. The summed E-state index contributed by atoms with van der Waals surface area (Å²) >= 11 is 0. The third-order valence-corrected chi connectivity index (χ3v) is 7.76. The van der Waals surface area contributed by atoms with E-state index in [1.807, 2.05) is 25.1 Å². The van der Waals surface area contributed by atoms with Gasteiger partial charge in [0.25, 0.3) is 5.69 Å². The standard InChI is InChI=1S/C24H22N4O5/c1-2-13-8-9-17-16(11-13)24(23(31)25-17)20-19(18-7-4-10-26(18)24)21(29)27(22(20)30)14-5-3-6-15(12-14)28(32)33/h3,5-6,8-9,11-12,18-20H,2,4,7,10H2,1H3,(H,25,31)/t18-,19+,20-,24-/m0/s1. The number of hydrogen-bond acceptors (Lipinski definition) is 6. The Morgan fingerprint density at radius 2 is 1.97 bits per heavy atom. The smallest absolute Gasteiger partial charge is 0.271 e. The lowest BCUT2D eigenvalue weighted by molar-refractivity contribution is -0.384. The van der Waals surface area contributed by atoms with Crippen molar-refractivity contribution in [2.24, 2.45) is 11.8 Å². The number of benzene rings is 2. The first-order valence-electron chi connectivity index (χ1n) is 11.2. The number of rotatable bonds is 3. The highest BCUT2D eigenvalue weighted by molar-refractivity contribution is 6.26. The molecule has 0 radical (unpaired) electrons. The Kier molecular flexibility index (Phi) is 4.08. The number of amides is 3. The average Bonchev–Trinajstić information content (AvgIpc) is 3.51. The molecule has 0 bridgehead atoms. The van der Waals surface area contributed by atoms with Crippen LogP contribution < -0.4 is 10.2 Å². The molecule has 9 heteroatoms. The highest BCUT2D eigenvalue weighted by Gasteiger charge is 2.74. The number of nitro benzene ring substituents is 1. The number of nitrogens with one attached hydrogen (secondary N) is 1. The maximum atomic E-state index is 13.9. The van der Waals surface area contributed by atoms with Gasteiger partial charge in [0.2, 0.25) is 17.7 Å². The first kappa shape index (κ1) is 20.0. The van der Waals surface area contributed by atoms with Gasteiger partial charge < -0.3 is 5.32 Å². The number of carbonyl (C=O) groups excluding carboxylic acids is 3. The first-order valence-corrected chi connectivity index (χ1v) is 11.2. The highest BCUT2D eigenvalue weighted by Crippen LogP contribution is 2.60. The molecule has 4 heterocycles. The number of hydrogen-bond donors (Lipinski definition) is 1. The minimum atomic E-state index is -1.24. The average molecular weight is 446 g/mol. The zero-order valence-electron chi connectivity index (χ0n) is 18.0. The zero-order valence-corrected chi connectivity index (χ0v) is 18.0. The van der Waals surface area contributed by atoms with Gasteiger partial charge in [0.15, 0.2) is 0 Å². The van der Waals surface area contributed by atoms with E-state index in [9.17, 15) is 24.5 Å². The van der Waals surface area contributed by atoms with E-state index < -0.39 is 28.2 Å². The summed E-state index contributed by atoms with van der Waals surface area (Å²) < 4.78 is 0. The number of nitrogens with zero attached hydrogens (tertiary/aromatic N) is 3. The molecule has 4 aliphatic rings. The number of non-ortho nitro benzene ring substituents is 1. The van der Waals surface area contributed by atoms with Gasteiger partial charge in [-0.2, -0.15) is 0 Å². The number of anilines is 2. The zero-order chi connectivity index (χ0) is 23.1. The molecule has 3 saturated heterocycles. The summed E-state index contributed by atoms with van der Waals surface area (Å²) in [6.45, 7) is 2.67. The van der Waals surface area contributed by atoms with Gasteiger partial charge >= 0.3 is 0 Å². The van der Waals surface area contributed by atoms with Crippen LogP contribution in [-0.4, -0.2) is 40.1 Å². The molecular formula is C24H22N4O5. The van der Waals surface area contributed by atoms with Crippen LogP contribution in [0.2, 0.25) is 0 Å². The van der Waals surface area contributed by atoms with Gasteiger partial charge in [0, 0.05) is 29.4 Å². The normalized spacial score (nSPS) is 30.0. The number of aryl methyl sites for hydroxylation is 1. The summed E-state index contributed by atoms with van der Waals surface area (Å²) in [7, 11) is 0. The van der Waals surface area contributed by atoms with Crippen molar-refractivity contribution in [3.63, 3.8) is 0 Å². The van der Waals surface area contributed by atoms with Crippen molar-refractivity contribution in [1.82, 2.24) is 4.90 Å². The molecule has 0 aliphatic carbocycles. The van der Waals surface area contributed by atoms with E-state index in [0.717, 1.165) is 35.3 Å². The largest absolute Gasteiger partial charge is 0.324 e. The number of fused-ring (bicyclic) bond motifs is 7. The highest BCUT2D eigenvalue weighted by atomic mass is 16.6. The van der Waals surface area contributed by atoms with Gasteiger partial charge in [-0.25, -0.2) is 4.90 Å². The molecule has 6 rings (SSSR count). The fraction of sp³-hybridized carbons (Fsp3) is 0.375. The number of carbonyl (C=O) groups is 3. The molecular weight excluding hydrogens is 424 g/mol. The minimum Gasteiger partial charge on any atom is -0.324 e. The maximum absolute atomic E-state index is 13.9. The minimum absolute atomic E-state index is 0.175. The molecule has 4 atom stereocenters. The third-order valence-electron chi connectivity index (χ3n) is 7.76. The predicted molar refractivity (Wildman–Crippen MR) is 118 cm³/mol. The summed E-state index contributed by atoms with van der Waals surface area (Å²) in [6.07, 6.45) is 2.34. The molecule has 4 aliphatic heterocycles. The molecule has 0 saturated carbocycles. The van der Waals surface area contributed by atoms with Crippen molar-refractivity contribution in [3.05, 3.63) is 63.7 Å². The van der Waals surface area contributed by atoms with Crippen LogP contribution in [0.1, 0.15) is 30.9 Å². The van der Waals surface area contributed by atoms with E-state index in [1.165, 1.54) is 24.3 Å². The van der Waals surface area contributed by atoms with Crippen LogP contribution in [0.15, 0.2) is 42.5 Å². The Bertz CT molecular complexity index is 1260. The van der Waals surface area contributed by atoms with Crippen molar-refractivity contribution < 1.29 is 19.3 Å². The summed E-state index contributed by atoms with van der Waals surface area (Å²) in [6, 6.07) is 11.2. The van der Waals surface area contributed by atoms with Crippen LogP contribution in [0.5, 0.6) is 0 Å². The van der Waals surface area contributed by atoms with Crippen LogP contribution in [0, 0.1) is 22.0 Å². The molecule has 0 unspecified atom stereocenters. The van der Waals surface area contributed by atoms with E-state index in [1.54, 1.807) is 0 Å². The van der Waals surface area contributed by atoms with Crippen LogP contribution in [0.4, 0.5) is 17.1 Å².